The lowest BCUT2D eigenvalue weighted by Gasteiger charge is -2.16. The monoisotopic (exact) mass is 468 g/mol. The molecule has 0 aromatic heterocycles. The number of ether oxygens (including phenoxy) is 1. The molecule has 1 heterocycles. The summed E-state index contributed by atoms with van der Waals surface area (Å²) in [5.41, 5.74) is 1.57. The van der Waals surface area contributed by atoms with Crippen molar-refractivity contribution in [1.29, 1.82) is 0 Å². The number of hydrogen-bond donors (Lipinski definition) is 1. The van der Waals surface area contributed by atoms with Crippen LogP contribution in [0.2, 0.25) is 10.0 Å². The third kappa shape index (κ3) is 4.37. The number of nitrogens with zero attached hydrogens (tertiary/aromatic N) is 1. The number of carbonyl (C=O) groups is 2. The zero-order chi connectivity index (χ0) is 22.8. The standard InChI is InChI=1S/C25H22Cl2N2O3/c1-15(2)32-13-12-29-24(30)22(19-11-10-17(26)14-20(19)27)23(25(29)31)28-21-9-5-7-16-6-3-4-8-18(16)21/h3-11,14-15,28H,12-13H2,1-2H3. The van der Waals surface area contributed by atoms with Crippen molar-refractivity contribution in [1.82, 2.24) is 4.90 Å². The Morgan fingerprint density at radius 2 is 1.72 bits per heavy atom. The smallest absolute Gasteiger partial charge is 0.278 e. The van der Waals surface area contributed by atoms with E-state index in [-0.39, 0.29) is 30.5 Å². The lowest BCUT2D eigenvalue weighted by atomic mass is 10.0. The van der Waals surface area contributed by atoms with E-state index in [1.54, 1.807) is 18.2 Å². The number of hydrogen-bond acceptors (Lipinski definition) is 4. The molecule has 1 aliphatic rings. The van der Waals surface area contributed by atoms with Crippen LogP contribution in [0.1, 0.15) is 19.4 Å². The molecule has 0 spiro atoms. The number of benzene rings is 3. The maximum Gasteiger partial charge on any atom is 0.278 e. The van der Waals surface area contributed by atoms with Gasteiger partial charge in [0.25, 0.3) is 11.8 Å². The second-order valence-corrected chi connectivity index (χ2v) is 8.55. The molecule has 0 fully saturated rings. The summed E-state index contributed by atoms with van der Waals surface area (Å²) < 4.78 is 5.56. The largest absolute Gasteiger partial charge is 0.377 e. The highest BCUT2D eigenvalue weighted by Gasteiger charge is 2.40. The van der Waals surface area contributed by atoms with Crippen LogP contribution in [0.25, 0.3) is 16.3 Å². The normalized spacial score (nSPS) is 14.2. The number of anilines is 1. The number of carbonyl (C=O) groups excluding carboxylic acids is 2. The Kier molecular flexibility index (Phi) is 6.51. The zero-order valence-corrected chi connectivity index (χ0v) is 19.2. The molecular formula is C25H22Cl2N2O3. The second kappa shape index (κ2) is 9.33. The fourth-order valence-corrected chi connectivity index (χ4v) is 4.19. The molecule has 1 N–H and O–H groups in total. The van der Waals surface area contributed by atoms with Crippen LogP contribution in [0, 0.1) is 0 Å². The SMILES string of the molecule is CC(C)OCCN1C(=O)C(Nc2cccc3ccccc23)=C(c2ccc(Cl)cc2Cl)C1=O. The van der Waals surface area contributed by atoms with Gasteiger partial charge in [0.05, 0.1) is 29.9 Å². The van der Waals surface area contributed by atoms with Gasteiger partial charge in [0.15, 0.2) is 0 Å². The number of rotatable bonds is 7. The molecule has 32 heavy (non-hydrogen) atoms. The van der Waals surface area contributed by atoms with Gasteiger partial charge in [-0.05, 0) is 37.4 Å². The van der Waals surface area contributed by atoms with Crippen LogP contribution in [0.15, 0.2) is 66.4 Å². The summed E-state index contributed by atoms with van der Waals surface area (Å²) >= 11 is 12.5. The molecule has 0 bridgehead atoms. The quantitative estimate of drug-likeness (QED) is 0.447. The van der Waals surface area contributed by atoms with Gasteiger partial charge in [0.2, 0.25) is 0 Å². The van der Waals surface area contributed by atoms with Crippen LogP contribution in [-0.2, 0) is 14.3 Å². The molecule has 0 saturated carbocycles. The molecule has 4 rings (SSSR count). The first-order chi connectivity index (χ1) is 15.4. The van der Waals surface area contributed by atoms with E-state index in [2.05, 4.69) is 5.32 Å². The summed E-state index contributed by atoms with van der Waals surface area (Å²) in [6, 6.07) is 18.4. The predicted octanol–water partition coefficient (Wildman–Crippen LogP) is 5.76. The fraction of sp³-hybridized carbons (Fsp3) is 0.200. The Balaban J connectivity index is 1.78. The predicted molar refractivity (Wildman–Crippen MR) is 129 cm³/mol. The minimum absolute atomic E-state index is 0.00535. The lowest BCUT2D eigenvalue weighted by molar-refractivity contribution is -0.137. The summed E-state index contributed by atoms with van der Waals surface area (Å²) in [7, 11) is 0. The van der Waals surface area contributed by atoms with Gasteiger partial charge in [-0.2, -0.15) is 0 Å². The molecule has 1 aliphatic heterocycles. The summed E-state index contributed by atoms with van der Waals surface area (Å²) in [6.07, 6.45) is -0.00535. The number of fused-ring (bicyclic) bond motifs is 1. The number of amides is 2. The van der Waals surface area contributed by atoms with Crippen molar-refractivity contribution in [2.45, 2.75) is 20.0 Å². The average molecular weight is 469 g/mol. The van der Waals surface area contributed by atoms with Crippen LogP contribution in [0.5, 0.6) is 0 Å². The Morgan fingerprint density at radius 3 is 2.47 bits per heavy atom. The molecule has 3 aromatic rings. The van der Waals surface area contributed by atoms with Crippen LogP contribution in [0.4, 0.5) is 5.69 Å². The van der Waals surface area contributed by atoms with Crippen molar-refractivity contribution in [3.63, 3.8) is 0 Å². The maximum absolute atomic E-state index is 13.4. The molecule has 3 aromatic carbocycles. The summed E-state index contributed by atoms with van der Waals surface area (Å²) in [5.74, 6) is -0.842. The number of nitrogens with one attached hydrogen (secondary N) is 1. The first kappa shape index (κ1) is 22.3. The Bertz CT molecular complexity index is 1230. The third-order valence-corrected chi connectivity index (χ3v) is 5.73. The Labute approximate surface area is 196 Å². The minimum atomic E-state index is -0.422. The first-order valence-corrected chi connectivity index (χ1v) is 11.0. The van der Waals surface area contributed by atoms with E-state index in [0.717, 1.165) is 16.5 Å². The van der Waals surface area contributed by atoms with Crippen molar-refractivity contribution in [2.75, 3.05) is 18.5 Å². The number of imide groups is 1. The lowest BCUT2D eigenvalue weighted by Crippen LogP contribution is -2.35. The van der Waals surface area contributed by atoms with Gasteiger partial charge in [-0.25, -0.2) is 0 Å². The third-order valence-electron chi connectivity index (χ3n) is 5.18. The Morgan fingerprint density at radius 1 is 0.969 bits per heavy atom. The molecule has 7 heteroatoms. The van der Waals surface area contributed by atoms with E-state index in [0.29, 0.717) is 15.6 Å². The highest BCUT2D eigenvalue weighted by atomic mass is 35.5. The summed E-state index contributed by atoms with van der Waals surface area (Å²) in [5, 5.41) is 5.92. The maximum atomic E-state index is 13.4. The highest BCUT2D eigenvalue weighted by molar-refractivity contribution is 6.41. The van der Waals surface area contributed by atoms with Crippen molar-refractivity contribution in [2.24, 2.45) is 0 Å². The van der Waals surface area contributed by atoms with Crippen molar-refractivity contribution in [3.05, 3.63) is 82.0 Å². The van der Waals surface area contributed by atoms with Gasteiger partial charge in [0.1, 0.15) is 5.70 Å². The molecule has 5 nitrogen and oxygen atoms in total. The molecule has 0 saturated heterocycles. The first-order valence-electron chi connectivity index (χ1n) is 10.3. The summed E-state index contributed by atoms with van der Waals surface area (Å²) in [6.45, 7) is 4.19. The van der Waals surface area contributed by atoms with Crippen molar-refractivity contribution in [3.8, 4) is 0 Å². The topological polar surface area (TPSA) is 58.6 Å². The summed E-state index contributed by atoms with van der Waals surface area (Å²) in [4.78, 5) is 27.9. The van der Waals surface area contributed by atoms with Crippen molar-refractivity contribution >= 4 is 57.0 Å². The van der Waals surface area contributed by atoms with Crippen LogP contribution in [-0.4, -0.2) is 36.0 Å². The fourth-order valence-electron chi connectivity index (χ4n) is 3.69. The van der Waals surface area contributed by atoms with Crippen LogP contribution >= 0.6 is 23.2 Å². The van der Waals surface area contributed by atoms with Crippen LogP contribution < -0.4 is 5.32 Å². The van der Waals surface area contributed by atoms with E-state index >= 15 is 0 Å². The molecule has 164 valence electrons. The van der Waals surface area contributed by atoms with Crippen LogP contribution in [0.3, 0.4) is 0 Å². The van der Waals surface area contributed by atoms with Gasteiger partial charge >= 0.3 is 0 Å². The van der Waals surface area contributed by atoms with Gasteiger partial charge < -0.3 is 10.1 Å². The average Bonchev–Trinajstić information content (AvgIpc) is 2.98. The highest BCUT2D eigenvalue weighted by Crippen LogP contribution is 2.36. The van der Waals surface area contributed by atoms with E-state index < -0.39 is 11.8 Å². The van der Waals surface area contributed by atoms with E-state index in [4.69, 9.17) is 27.9 Å². The molecular weight excluding hydrogens is 447 g/mol. The van der Waals surface area contributed by atoms with E-state index in [1.165, 1.54) is 4.90 Å². The zero-order valence-electron chi connectivity index (χ0n) is 17.7. The molecule has 2 amide bonds. The van der Waals surface area contributed by atoms with Gasteiger partial charge in [-0.1, -0.05) is 65.7 Å². The van der Waals surface area contributed by atoms with Crippen molar-refractivity contribution < 1.29 is 14.3 Å². The van der Waals surface area contributed by atoms with E-state index in [9.17, 15) is 9.59 Å². The minimum Gasteiger partial charge on any atom is -0.377 e. The molecule has 0 aliphatic carbocycles. The Hall–Kier alpha value is -2.86. The van der Waals surface area contributed by atoms with Gasteiger partial charge in [-0.15, -0.1) is 0 Å². The molecule has 0 unspecified atom stereocenters. The van der Waals surface area contributed by atoms with E-state index in [1.807, 2.05) is 56.3 Å². The number of halogens is 2. The molecule has 0 radical (unpaired) electrons. The second-order valence-electron chi connectivity index (χ2n) is 7.71. The molecule has 0 atom stereocenters. The van der Waals surface area contributed by atoms with Gasteiger partial charge in [-0.3, -0.25) is 14.5 Å². The van der Waals surface area contributed by atoms with Gasteiger partial charge in [0, 0.05) is 21.7 Å².